The number of hydrogen-bond donors (Lipinski definition) is 2. The van der Waals surface area contributed by atoms with Crippen molar-refractivity contribution < 1.29 is 9.90 Å². The monoisotopic (exact) mass is 233 g/mol. The van der Waals surface area contributed by atoms with Crippen LogP contribution in [0.4, 0.5) is 0 Å². The number of carbonyl (C=O) groups is 1. The Bertz CT molecular complexity index is 426. The number of nitrogens with one attached hydrogen (secondary N) is 1. The standard InChI is InChI=1S/C14H19NO2/c1-10-5-3-6-11(9-10)14(2,13(16)17)15-12-7-4-8-12/h3,5-6,9,12,15H,4,7-8H2,1-2H3,(H,16,17). The van der Waals surface area contributed by atoms with E-state index in [1.165, 1.54) is 6.42 Å². The SMILES string of the molecule is Cc1cccc(C(C)(NC2CCC2)C(=O)O)c1. The van der Waals surface area contributed by atoms with Gasteiger partial charge in [-0.05, 0) is 32.3 Å². The molecule has 1 atom stereocenters. The van der Waals surface area contributed by atoms with Crippen molar-refractivity contribution in [1.29, 1.82) is 0 Å². The summed E-state index contributed by atoms with van der Waals surface area (Å²) in [6.45, 7) is 3.73. The normalized spacial score (nSPS) is 19.4. The van der Waals surface area contributed by atoms with Crippen LogP contribution in [0.2, 0.25) is 0 Å². The fourth-order valence-electron chi connectivity index (χ4n) is 2.19. The van der Waals surface area contributed by atoms with Gasteiger partial charge in [0, 0.05) is 6.04 Å². The number of carboxylic acids is 1. The maximum atomic E-state index is 11.5. The molecule has 1 fully saturated rings. The Morgan fingerprint density at radius 1 is 1.47 bits per heavy atom. The maximum absolute atomic E-state index is 11.5. The average Bonchev–Trinajstić information content (AvgIpc) is 2.23. The molecule has 0 amide bonds. The van der Waals surface area contributed by atoms with Crippen LogP contribution in [-0.2, 0) is 10.3 Å². The molecule has 0 spiro atoms. The van der Waals surface area contributed by atoms with Crippen molar-refractivity contribution in [3.8, 4) is 0 Å². The van der Waals surface area contributed by atoms with E-state index in [-0.39, 0.29) is 0 Å². The third-order valence-corrected chi connectivity index (χ3v) is 3.62. The summed E-state index contributed by atoms with van der Waals surface area (Å²) in [4.78, 5) is 11.5. The molecule has 1 unspecified atom stereocenters. The van der Waals surface area contributed by atoms with Gasteiger partial charge in [0.25, 0.3) is 0 Å². The predicted molar refractivity (Wildman–Crippen MR) is 66.9 cm³/mol. The van der Waals surface area contributed by atoms with E-state index in [1.807, 2.05) is 31.2 Å². The molecule has 0 saturated heterocycles. The van der Waals surface area contributed by atoms with E-state index in [0.717, 1.165) is 24.0 Å². The quantitative estimate of drug-likeness (QED) is 0.839. The first kappa shape index (κ1) is 12.1. The van der Waals surface area contributed by atoms with Crippen LogP contribution in [0.3, 0.4) is 0 Å². The molecule has 1 aromatic rings. The van der Waals surface area contributed by atoms with E-state index >= 15 is 0 Å². The molecule has 3 heteroatoms. The summed E-state index contributed by atoms with van der Waals surface area (Å²) >= 11 is 0. The van der Waals surface area contributed by atoms with Gasteiger partial charge in [0.05, 0.1) is 0 Å². The largest absolute Gasteiger partial charge is 0.480 e. The highest BCUT2D eigenvalue weighted by Gasteiger charge is 2.38. The summed E-state index contributed by atoms with van der Waals surface area (Å²) in [5.41, 5.74) is 0.944. The molecule has 1 aromatic carbocycles. The Morgan fingerprint density at radius 2 is 2.18 bits per heavy atom. The molecule has 0 aromatic heterocycles. The molecule has 3 nitrogen and oxygen atoms in total. The second-order valence-corrected chi connectivity index (χ2v) is 5.07. The van der Waals surface area contributed by atoms with Gasteiger partial charge in [0.15, 0.2) is 0 Å². The van der Waals surface area contributed by atoms with E-state index in [2.05, 4.69) is 5.32 Å². The van der Waals surface area contributed by atoms with Crippen LogP contribution < -0.4 is 5.32 Å². The third kappa shape index (κ3) is 2.34. The van der Waals surface area contributed by atoms with Crippen LogP contribution in [0.1, 0.15) is 37.3 Å². The fraction of sp³-hybridized carbons (Fsp3) is 0.500. The van der Waals surface area contributed by atoms with Crippen LogP contribution >= 0.6 is 0 Å². The van der Waals surface area contributed by atoms with Crippen molar-refractivity contribution in [3.63, 3.8) is 0 Å². The summed E-state index contributed by atoms with van der Waals surface area (Å²) in [7, 11) is 0. The van der Waals surface area contributed by atoms with Gasteiger partial charge in [0.2, 0.25) is 0 Å². The first-order chi connectivity index (χ1) is 8.02. The van der Waals surface area contributed by atoms with Crippen molar-refractivity contribution >= 4 is 5.97 Å². The molecule has 0 radical (unpaired) electrons. The van der Waals surface area contributed by atoms with E-state index in [9.17, 15) is 9.90 Å². The van der Waals surface area contributed by atoms with E-state index in [1.54, 1.807) is 6.92 Å². The Kier molecular flexibility index (Phi) is 3.20. The Balaban J connectivity index is 2.29. The van der Waals surface area contributed by atoms with Crippen molar-refractivity contribution in [1.82, 2.24) is 5.32 Å². The van der Waals surface area contributed by atoms with E-state index in [0.29, 0.717) is 6.04 Å². The molecule has 0 heterocycles. The minimum Gasteiger partial charge on any atom is -0.480 e. The zero-order valence-electron chi connectivity index (χ0n) is 10.4. The van der Waals surface area contributed by atoms with Crippen molar-refractivity contribution in [3.05, 3.63) is 35.4 Å². The van der Waals surface area contributed by atoms with Gasteiger partial charge in [-0.3, -0.25) is 5.32 Å². The maximum Gasteiger partial charge on any atom is 0.328 e. The summed E-state index contributed by atoms with van der Waals surface area (Å²) in [6.07, 6.45) is 3.35. The van der Waals surface area contributed by atoms with Crippen LogP contribution in [-0.4, -0.2) is 17.1 Å². The second kappa shape index (κ2) is 4.49. The van der Waals surface area contributed by atoms with Gasteiger partial charge < -0.3 is 5.11 Å². The molecule has 2 N–H and O–H groups in total. The predicted octanol–water partition coefficient (Wildman–Crippen LogP) is 2.44. The smallest absolute Gasteiger partial charge is 0.328 e. The minimum atomic E-state index is -0.975. The second-order valence-electron chi connectivity index (χ2n) is 5.07. The molecular weight excluding hydrogens is 214 g/mol. The number of hydrogen-bond acceptors (Lipinski definition) is 2. The lowest BCUT2D eigenvalue weighted by atomic mass is 9.85. The summed E-state index contributed by atoms with van der Waals surface area (Å²) < 4.78 is 0. The van der Waals surface area contributed by atoms with Crippen LogP contribution in [0.25, 0.3) is 0 Å². The Hall–Kier alpha value is -1.35. The Labute approximate surface area is 102 Å². The summed E-state index contributed by atoms with van der Waals surface area (Å²) in [5, 5.41) is 12.8. The first-order valence-electron chi connectivity index (χ1n) is 6.10. The number of rotatable bonds is 4. The molecule has 1 aliphatic carbocycles. The summed E-state index contributed by atoms with van der Waals surface area (Å²) in [6, 6.07) is 8.06. The molecule has 1 saturated carbocycles. The fourth-order valence-corrected chi connectivity index (χ4v) is 2.19. The van der Waals surface area contributed by atoms with Crippen LogP contribution in [0, 0.1) is 6.92 Å². The van der Waals surface area contributed by atoms with Crippen LogP contribution in [0.15, 0.2) is 24.3 Å². The van der Waals surface area contributed by atoms with E-state index < -0.39 is 11.5 Å². The molecule has 17 heavy (non-hydrogen) atoms. The average molecular weight is 233 g/mol. The highest BCUT2D eigenvalue weighted by atomic mass is 16.4. The van der Waals surface area contributed by atoms with Crippen molar-refractivity contribution in [2.75, 3.05) is 0 Å². The number of aliphatic carboxylic acids is 1. The zero-order chi connectivity index (χ0) is 12.5. The van der Waals surface area contributed by atoms with Gasteiger partial charge >= 0.3 is 5.97 Å². The molecule has 0 bridgehead atoms. The molecule has 92 valence electrons. The molecule has 2 rings (SSSR count). The minimum absolute atomic E-state index is 0.344. The number of aryl methyl sites for hydroxylation is 1. The third-order valence-electron chi connectivity index (χ3n) is 3.62. The topological polar surface area (TPSA) is 49.3 Å². The molecular formula is C14H19NO2. The highest BCUT2D eigenvalue weighted by Crippen LogP contribution is 2.28. The van der Waals surface area contributed by atoms with Gasteiger partial charge in [0.1, 0.15) is 5.54 Å². The van der Waals surface area contributed by atoms with Crippen molar-refractivity contribution in [2.45, 2.75) is 44.7 Å². The molecule has 0 aliphatic heterocycles. The Morgan fingerprint density at radius 3 is 2.65 bits per heavy atom. The van der Waals surface area contributed by atoms with Gasteiger partial charge in [-0.1, -0.05) is 36.2 Å². The lowest BCUT2D eigenvalue weighted by molar-refractivity contribution is -0.145. The lowest BCUT2D eigenvalue weighted by Gasteiger charge is -2.36. The van der Waals surface area contributed by atoms with Gasteiger partial charge in [-0.15, -0.1) is 0 Å². The highest BCUT2D eigenvalue weighted by molar-refractivity contribution is 5.80. The number of benzene rings is 1. The van der Waals surface area contributed by atoms with Gasteiger partial charge in [-0.25, -0.2) is 4.79 Å². The summed E-state index contributed by atoms with van der Waals surface area (Å²) in [5.74, 6) is -0.810. The molecule has 1 aliphatic rings. The first-order valence-corrected chi connectivity index (χ1v) is 6.10. The van der Waals surface area contributed by atoms with Crippen molar-refractivity contribution in [2.24, 2.45) is 0 Å². The van der Waals surface area contributed by atoms with Gasteiger partial charge in [-0.2, -0.15) is 0 Å². The van der Waals surface area contributed by atoms with E-state index in [4.69, 9.17) is 0 Å². The van der Waals surface area contributed by atoms with Crippen LogP contribution in [0.5, 0.6) is 0 Å². The number of carboxylic acid groups (broad SMARTS) is 1. The zero-order valence-corrected chi connectivity index (χ0v) is 10.4. The lowest BCUT2D eigenvalue weighted by Crippen LogP contribution is -2.53.